The van der Waals surface area contributed by atoms with Gasteiger partial charge < -0.3 is 5.32 Å². The number of hydrogen-bond donors (Lipinski definition) is 1. The third-order valence-electron chi connectivity index (χ3n) is 3.90. The van der Waals surface area contributed by atoms with Crippen molar-refractivity contribution in [2.75, 3.05) is 6.54 Å². The van der Waals surface area contributed by atoms with Crippen molar-refractivity contribution < 1.29 is 4.79 Å². The van der Waals surface area contributed by atoms with E-state index in [1.165, 1.54) is 0 Å². The SMILES string of the molecule is CCCCNC(=O)c1cccc(C(C)=Nc2c(C)cc(Br)cc2C)n1. The van der Waals surface area contributed by atoms with Gasteiger partial charge in [-0.1, -0.05) is 35.3 Å². The molecule has 1 amide bonds. The van der Waals surface area contributed by atoms with Crippen molar-refractivity contribution in [1.29, 1.82) is 0 Å². The lowest BCUT2D eigenvalue weighted by Gasteiger charge is -2.09. The summed E-state index contributed by atoms with van der Waals surface area (Å²) in [7, 11) is 0. The van der Waals surface area contributed by atoms with Crippen LogP contribution in [0.25, 0.3) is 0 Å². The predicted octanol–water partition coefficient (Wildman–Crippen LogP) is 5.13. The first-order valence-corrected chi connectivity index (χ1v) is 9.29. The third-order valence-corrected chi connectivity index (χ3v) is 4.36. The summed E-state index contributed by atoms with van der Waals surface area (Å²) in [5, 5.41) is 2.89. The Morgan fingerprint density at radius 2 is 1.84 bits per heavy atom. The second kappa shape index (κ2) is 8.90. The molecule has 1 N–H and O–H groups in total. The van der Waals surface area contributed by atoms with Crippen LogP contribution in [-0.2, 0) is 0 Å². The average molecular weight is 402 g/mol. The minimum absolute atomic E-state index is 0.140. The van der Waals surface area contributed by atoms with Crippen LogP contribution in [0.15, 0.2) is 39.8 Å². The molecule has 0 fully saturated rings. The zero-order valence-corrected chi connectivity index (χ0v) is 16.8. The highest BCUT2D eigenvalue weighted by molar-refractivity contribution is 9.10. The van der Waals surface area contributed by atoms with Gasteiger partial charge in [0.1, 0.15) is 5.69 Å². The van der Waals surface area contributed by atoms with Crippen LogP contribution in [0.5, 0.6) is 0 Å². The number of hydrogen-bond acceptors (Lipinski definition) is 3. The fourth-order valence-corrected chi connectivity index (χ4v) is 3.22. The maximum absolute atomic E-state index is 12.2. The zero-order chi connectivity index (χ0) is 18.4. The van der Waals surface area contributed by atoms with Gasteiger partial charge in [0.15, 0.2) is 0 Å². The Bertz CT molecular complexity index is 776. The molecule has 0 radical (unpaired) electrons. The van der Waals surface area contributed by atoms with E-state index < -0.39 is 0 Å². The summed E-state index contributed by atoms with van der Waals surface area (Å²) in [6, 6.07) is 9.55. The molecule has 0 aliphatic heterocycles. The number of rotatable bonds is 6. The summed E-state index contributed by atoms with van der Waals surface area (Å²) >= 11 is 3.50. The van der Waals surface area contributed by atoms with Gasteiger partial charge in [0.05, 0.1) is 17.1 Å². The molecule has 0 spiro atoms. The molecule has 132 valence electrons. The Morgan fingerprint density at radius 3 is 2.48 bits per heavy atom. The van der Waals surface area contributed by atoms with Crippen LogP contribution in [0.3, 0.4) is 0 Å². The number of carbonyl (C=O) groups is 1. The van der Waals surface area contributed by atoms with E-state index in [1.54, 1.807) is 6.07 Å². The highest BCUT2D eigenvalue weighted by atomic mass is 79.9. The molecule has 0 bridgehead atoms. The van der Waals surface area contributed by atoms with Gasteiger partial charge in [-0.25, -0.2) is 4.98 Å². The highest BCUT2D eigenvalue weighted by Gasteiger charge is 2.10. The van der Waals surface area contributed by atoms with Crippen LogP contribution in [0.4, 0.5) is 5.69 Å². The number of nitrogens with zero attached hydrogens (tertiary/aromatic N) is 2. The van der Waals surface area contributed by atoms with Crippen molar-refractivity contribution in [3.05, 3.63) is 57.3 Å². The molecule has 0 aliphatic rings. The Labute approximate surface area is 157 Å². The number of halogens is 1. The van der Waals surface area contributed by atoms with Crippen molar-refractivity contribution in [1.82, 2.24) is 10.3 Å². The quantitative estimate of drug-likeness (QED) is 0.538. The van der Waals surface area contributed by atoms with Gasteiger partial charge in [0, 0.05) is 11.0 Å². The number of unbranched alkanes of at least 4 members (excludes halogenated alkanes) is 1. The molecular weight excluding hydrogens is 378 g/mol. The summed E-state index contributed by atoms with van der Waals surface area (Å²) in [5.41, 5.74) is 5.06. The second-order valence-electron chi connectivity index (χ2n) is 6.10. The number of benzene rings is 1. The number of aliphatic imine (C=N–C) groups is 1. The van der Waals surface area contributed by atoms with Crippen LogP contribution in [0.1, 0.15) is 54.0 Å². The van der Waals surface area contributed by atoms with Crippen LogP contribution < -0.4 is 5.32 Å². The number of aromatic nitrogens is 1. The summed E-state index contributed by atoms with van der Waals surface area (Å²) in [5.74, 6) is -0.140. The van der Waals surface area contributed by atoms with Gasteiger partial charge in [0.2, 0.25) is 0 Å². The Morgan fingerprint density at radius 1 is 1.20 bits per heavy atom. The largest absolute Gasteiger partial charge is 0.351 e. The summed E-state index contributed by atoms with van der Waals surface area (Å²) in [4.78, 5) is 21.4. The third kappa shape index (κ3) is 5.23. The predicted molar refractivity (Wildman–Crippen MR) is 107 cm³/mol. The minimum Gasteiger partial charge on any atom is -0.351 e. The smallest absolute Gasteiger partial charge is 0.269 e. The molecule has 0 saturated heterocycles. The summed E-state index contributed by atoms with van der Waals surface area (Å²) in [6.45, 7) is 8.76. The second-order valence-corrected chi connectivity index (χ2v) is 7.02. The lowest BCUT2D eigenvalue weighted by atomic mass is 10.1. The topological polar surface area (TPSA) is 54.4 Å². The molecule has 2 rings (SSSR count). The Hall–Kier alpha value is -2.01. The van der Waals surface area contributed by atoms with E-state index in [-0.39, 0.29) is 5.91 Å². The van der Waals surface area contributed by atoms with Crippen LogP contribution >= 0.6 is 15.9 Å². The number of carbonyl (C=O) groups excluding carboxylic acids is 1. The fraction of sp³-hybridized carbons (Fsp3) is 0.350. The molecule has 25 heavy (non-hydrogen) atoms. The molecule has 0 atom stereocenters. The van der Waals surface area contributed by atoms with E-state index in [2.05, 4.69) is 33.2 Å². The van der Waals surface area contributed by atoms with Gasteiger partial charge in [-0.3, -0.25) is 9.79 Å². The highest BCUT2D eigenvalue weighted by Crippen LogP contribution is 2.28. The molecular formula is C20H24BrN3O. The molecule has 5 heteroatoms. The summed E-state index contributed by atoms with van der Waals surface area (Å²) in [6.07, 6.45) is 2.01. The van der Waals surface area contributed by atoms with E-state index in [0.717, 1.165) is 39.8 Å². The molecule has 4 nitrogen and oxygen atoms in total. The van der Waals surface area contributed by atoms with Gasteiger partial charge in [0.25, 0.3) is 5.91 Å². The van der Waals surface area contributed by atoms with Crippen molar-refractivity contribution in [3.8, 4) is 0 Å². The average Bonchev–Trinajstić information content (AvgIpc) is 2.58. The van der Waals surface area contributed by atoms with Gasteiger partial charge in [-0.15, -0.1) is 0 Å². The number of aryl methyl sites for hydroxylation is 2. The van der Waals surface area contributed by atoms with Crippen molar-refractivity contribution in [2.45, 2.75) is 40.5 Å². The van der Waals surface area contributed by atoms with Crippen molar-refractivity contribution in [3.63, 3.8) is 0 Å². The van der Waals surface area contributed by atoms with Gasteiger partial charge in [-0.2, -0.15) is 0 Å². The molecule has 0 unspecified atom stereocenters. The number of pyridine rings is 1. The first-order valence-electron chi connectivity index (χ1n) is 8.50. The number of nitrogens with one attached hydrogen (secondary N) is 1. The number of amides is 1. The standard InChI is InChI=1S/C20H24BrN3O/c1-5-6-10-22-20(25)18-9-7-8-17(24-18)15(4)23-19-13(2)11-16(21)12-14(19)3/h7-9,11-12H,5-6,10H2,1-4H3,(H,22,25). The Balaban J connectivity index is 2.27. The maximum Gasteiger partial charge on any atom is 0.269 e. The summed E-state index contributed by atoms with van der Waals surface area (Å²) < 4.78 is 1.04. The molecule has 2 aromatic rings. The first kappa shape index (κ1) is 19.3. The van der Waals surface area contributed by atoms with E-state index in [1.807, 2.05) is 45.0 Å². The monoisotopic (exact) mass is 401 g/mol. The lowest BCUT2D eigenvalue weighted by Crippen LogP contribution is -2.25. The van der Waals surface area contributed by atoms with E-state index in [0.29, 0.717) is 17.9 Å². The van der Waals surface area contributed by atoms with Crippen LogP contribution in [-0.4, -0.2) is 23.1 Å². The Kier molecular flexibility index (Phi) is 6.88. The van der Waals surface area contributed by atoms with Crippen molar-refractivity contribution >= 4 is 33.2 Å². The fourth-order valence-electron chi connectivity index (χ4n) is 2.54. The minimum atomic E-state index is -0.140. The zero-order valence-electron chi connectivity index (χ0n) is 15.2. The molecule has 1 aromatic carbocycles. The maximum atomic E-state index is 12.2. The van der Waals surface area contributed by atoms with E-state index in [4.69, 9.17) is 4.99 Å². The van der Waals surface area contributed by atoms with E-state index in [9.17, 15) is 4.79 Å². The van der Waals surface area contributed by atoms with Crippen LogP contribution in [0, 0.1) is 13.8 Å². The lowest BCUT2D eigenvalue weighted by molar-refractivity contribution is 0.0948. The normalized spacial score (nSPS) is 11.5. The van der Waals surface area contributed by atoms with Gasteiger partial charge in [-0.05, 0) is 62.6 Å². The van der Waals surface area contributed by atoms with Gasteiger partial charge >= 0.3 is 0 Å². The van der Waals surface area contributed by atoms with Crippen molar-refractivity contribution in [2.24, 2.45) is 4.99 Å². The molecule has 0 saturated carbocycles. The van der Waals surface area contributed by atoms with E-state index >= 15 is 0 Å². The molecule has 1 heterocycles. The van der Waals surface area contributed by atoms with Crippen LogP contribution in [0.2, 0.25) is 0 Å². The molecule has 0 aliphatic carbocycles. The first-order chi connectivity index (χ1) is 11.9. The molecule has 1 aromatic heterocycles.